The predicted octanol–water partition coefficient (Wildman–Crippen LogP) is 1.80. The predicted molar refractivity (Wildman–Crippen MR) is 69.8 cm³/mol. The van der Waals surface area contributed by atoms with Crippen LogP contribution in [0, 0.1) is 0 Å². The molecule has 0 bridgehead atoms. The minimum atomic E-state index is -1.24. The molecule has 0 radical (unpaired) electrons. The van der Waals surface area contributed by atoms with Crippen LogP contribution in [0.4, 0.5) is 4.79 Å². The summed E-state index contributed by atoms with van der Waals surface area (Å²) >= 11 is 3.00. The highest BCUT2D eigenvalue weighted by atomic mass is 79.9. The molecule has 6 heteroatoms. The van der Waals surface area contributed by atoms with E-state index in [-0.39, 0.29) is 17.7 Å². The fraction of sp³-hybridized carbons (Fsp3) is 0.333. The van der Waals surface area contributed by atoms with Crippen molar-refractivity contribution in [2.75, 3.05) is 11.9 Å². The minimum absolute atomic E-state index is 0.0195. The quantitative estimate of drug-likeness (QED) is 0.752. The lowest BCUT2D eigenvalue weighted by Crippen LogP contribution is -2.44. The topological polar surface area (TPSA) is 75.6 Å². The summed E-state index contributed by atoms with van der Waals surface area (Å²) in [6.07, 6.45) is -1.24. The molecular weight excluding hydrogens is 302 g/mol. The summed E-state index contributed by atoms with van der Waals surface area (Å²) in [6.45, 7) is 0.361. The first kappa shape index (κ1) is 14.7. The number of nitrogens with one attached hydrogen (secondary N) is 1. The summed E-state index contributed by atoms with van der Waals surface area (Å²) in [6, 6.07) is 8.61. The van der Waals surface area contributed by atoms with Gasteiger partial charge in [0.05, 0.1) is 18.5 Å². The monoisotopic (exact) mass is 315 g/mol. The van der Waals surface area contributed by atoms with E-state index in [0.29, 0.717) is 6.61 Å². The fourth-order valence-corrected chi connectivity index (χ4v) is 1.72. The first-order chi connectivity index (χ1) is 8.63. The third-order valence-electron chi connectivity index (χ3n) is 2.21. The van der Waals surface area contributed by atoms with Gasteiger partial charge in [0, 0.05) is 0 Å². The molecule has 1 rings (SSSR count). The summed E-state index contributed by atoms with van der Waals surface area (Å²) < 4.78 is 5.34. The maximum absolute atomic E-state index is 11.4. The molecule has 0 saturated carbocycles. The van der Waals surface area contributed by atoms with Gasteiger partial charge in [-0.1, -0.05) is 46.3 Å². The van der Waals surface area contributed by atoms with Gasteiger partial charge in [-0.2, -0.15) is 0 Å². The lowest BCUT2D eigenvalue weighted by molar-refractivity contribution is -0.119. The van der Waals surface area contributed by atoms with E-state index in [1.165, 1.54) is 0 Å². The van der Waals surface area contributed by atoms with Crippen LogP contribution in [0.15, 0.2) is 30.3 Å². The van der Waals surface area contributed by atoms with Crippen LogP contribution in [-0.2, 0) is 16.1 Å². The van der Waals surface area contributed by atoms with Gasteiger partial charge in [0.25, 0.3) is 0 Å². The number of carbonyl (C=O) groups excluding carboxylic acids is 1. The van der Waals surface area contributed by atoms with Gasteiger partial charge in [-0.25, -0.2) is 4.79 Å². The number of ether oxygens (including phenoxy) is 1. The molecule has 0 spiro atoms. The van der Waals surface area contributed by atoms with Gasteiger partial charge >= 0.3 is 6.09 Å². The number of ketones is 1. The SMILES string of the molecule is O=C(O)N[C@@H](COCc1ccccc1)C(=O)CBr. The summed E-state index contributed by atoms with van der Waals surface area (Å²) in [5.74, 6) is -0.259. The van der Waals surface area contributed by atoms with Crippen LogP contribution in [0.2, 0.25) is 0 Å². The molecule has 0 saturated heterocycles. The Labute approximate surface area is 113 Å². The lowest BCUT2D eigenvalue weighted by Gasteiger charge is -2.14. The number of hydrogen-bond donors (Lipinski definition) is 2. The number of alkyl halides is 1. The van der Waals surface area contributed by atoms with Gasteiger partial charge < -0.3 is 15.2 Å². The van der Waals surface area contributed by atoms with Crippen molar-refractivity contribution in [3.63, 3.8) is 0 Å². The molecule has 0 aliphatic heterocycles. The van der Waals surface area contributed by atoms with Gasteiger partial charge in [0.15, 0.2) is 5.78 Å². The van der Waals surface area contributed by atoms with E-state index in [1.807, 2.05) is 30.3 Å². The average molecular weight is 316 g/mol. The number of Topliss-reactive ketones (excluding diaryl/α,β-unsaturated/α-hetero) is 1. The second kappa shape index (κ2) is 7.84. The molecule has 1 aromatic rings. The average Bonchev–Trinajstić information content (AvgIpc) is 2.37. The molecule has 18 heavy (non-hydrogen) atoms. The third-order valence-corrected chi connectivity index (χ3v) is 2.77. The molecule has 0 aliphatic carbocycles. The van der Waals surface area contributed by atoms with E-state index < -0.39 is 12.1 Å². The van der Waals surface area contributed by atoms with Gasteiger partial charge in [-0.3, -0.25) is 4.79 Å². The highest BCUT2D eigenvalue weighted by Gasteiger charge is 2.19. The Morgan fingerprint density at radius 2 is 2.00 bits per heavy atom. The lowest BCUT2D eigenvalue weighted by atomic mass is 10.2. The summed E-state index contributed by atoms with van der Waals surface area (Å²) in [5, 5.41) is 10.8. The van der Waals surface area contributed by atoms with E-state index in [0.717, 1.165) is 5.56 Å². The molecule has 0 heterocycles. The maximum Gasteiger partial charge on any atom is 0.405 e. The first-order valence-electron chi connectivity index (χ1n) is 5.33. The highest BCUT2D eigenvalue weighted by molar-refractivity contribution is 9.09. The molecule has 0 fully saturated rings. The van der Waals surface area contributed by atoms with Crippen molar-refractivity contribution in [3.05, 3.63) is 35.9 Å². The van der Waals surface area contributed by atoms with E-state index in [9.17, 15) is 9.59 Å². The standard InChI is InChI=1S/C12H14BrNO4/c13-6-11(15)10(14-12(16)17)8-18-7-9-4-2-1-3-5-9/h1-5,10,14H,6-8H2,(H,16,17)/t10-/m0/s1. The van der Waals surface area contributed by atoms with Crippen molar-refractivity contribution < 1.29 is 19.4 Å². The second-order valence-electron chi connectivity index (χ2n) is 3.60. The number of halogens is 1. The van der Waals surface area contributed by atoms with Crippen LogP contribution in [0.25, 0.3) is 0 Å². The zero-order valence-corrected chi connectivity index (χ0v) is 11.2. The Balaban J connectivity index is 2.42. The number of carbonyl (C=O) groups is 2. The zero-order valence-electron chi connectivity index (χ0n) is 9.64. The maximum atomic E-state index is 11.4. The second-order valence-corrected chi connectivity index (χ2v) is 4.16. The smallest absolute Gasteiger partial charge is 0.405 e. The van der Waals surface area contributed by atoms with Crippen LogP contribution in [-0.4, -0.2) is 35.0 Å². The molecule has 0 unspecified atom stereocenters. The van der Waals surface area contributed by atoms with Crippen LogP contribution in [0.5, 0.6) is 0 Å². The molecule has 1 atom stereocenters. The summed E-state index contributed by atoms with van der Waals surface area (Å²) in [5.41, 5.74) is 0.970. The van der Waals surface area contributed by atoms with E-state index in [2.05, 4.69) is 21.2 Å². The Hall–Kier alpha value is -1.40. The first-order valence-corrected chi connectivity index (χ1v) is 6.45. The molecule has 1 aromatic carbocycles. The van der Waals surface area contributed by atoms with Crippen molar-refractivity contribution >= 4 is 27.8 Å². The summed E-state index contributed by atoms with van der Waals surface area (Å²) in [4.78, 5) is 22.0. The van der Waals surface area contributed by atoms with Crippen molar-refractivity contribution in [3.8, 4) is 0 Å². The fourth-order valence-electron chi connectivity index (χ4n) is 1.33. The Kier molecular flexibility index (Phi) is 6.38. The minimum Gasteiger partial charge on any atom is -0.465 e. The Morgan fingerprint density at radius 1 is 1.33 bits per heavy atom. The Morgan fingerprint density at radius 3 is 2.56 bits per heavy atom. The molecule has 5 nitrogen and oxygen atoms in total. The molecule has 1 amide bonds. The Bertz CT molecular complexity index is 396. The third kappa shape index (κ3) is 5.29. The van der Waals surface area contributed by atoms with Crippen molar-refractivity contribution in [1.82, 2.24) is 5.32 Å². The zero-order chi connectivity index (χ0) is 13.4. The number of benzene rings is 1. The molecule has 0 aliphatic rings. The van der Waals surface area contributed by atoms with Crippen molar-refractivity contribution in [2.24, 2.45) is 0 Å². The van der Waals surface area contributed by atoms with Crippen molar-refractivity contribution in [1.29, 1.82) is 0 Å². The van der Waals surface area contributed by atoms with Crippen molar-refractivity contribution in [2.45, 2.75) is 12.6 Å². The molecule has 98 valence electrons. The number of hydrogen-bond acceptors (Lipinski definition) is 3. The largest absolute Gasteiger partial charge is 0.465 e. The van der Waals surface area contributed by atoms with Crippen LogP contribution in [0.1, 0.15) is 5.56 Å². The van der Waals surface area contributed by atoms with Gasteiger partial charge in [0.2, 0.25) is 0 Å². The number of rotatable bonds is 7. The normalized spacial score (nSPS) is 11.8. The highest BCUT2D eigenvalue weighted by Crippen LogP contribution is 2.02. The van der Waals surface area contributed by atoms with Crippen LogP contribution < -0.4 is 5.32 Å². The van der Waals surface area contributed by atoms with Gasteiger partial charge in [-0.05, 0) is 5.56 Å². The number of carboxylic acid groups (broad SMARTS) is 1. The van der Waals surface area contributed by atoms with Crippen LogP contribution in [0.3, 0.4) is 0 Å². The van der Waals surface area contributed by atoms with E-state index in [4.69, 9.17) is 9.84 Å². The molecule has 0 aromatic heterocycles. The molecule has 2 N–H and O–H groups in total. The molecular formula is C12H14BrNO4. The van der Waals surface area contributed by atoms with E-state index >= 15 is 0 Å². The summed E-state index contributed by atoms with van der Waals surface area (Å²) in [7, 11) is 0. The van der Waals surface area contributed by atoms with Gasteiger partial charge in [0.1, 0.15) is 6.04 Å². The van der Waals surface area contributed by atoms with Gasteiger partial charge in [-0.15, -0.1) is 0 Å². The van der Waals surface area contributed by atoms with E-state index in [1.54, 1.807) is 0 Å². The number of amides is 1. The van der Waals surface area contributed by atoms with Crippen LogP contribution >= 0.6 is 15.9 Å².